The first-order valence-corrected chi connectivity index (χ1v) is 34.9. The van der Waals surface area contributed by atoms with Crippen molar-refractivity contribution in [2.45, 2.75) is 386 Å². The number of nitrogens with one attached hydrogen (secondary N) is 1. The number of allylic oxidation sites excluding steroid dienone is 7. The number of hydrogen-bond acceptors (Lipinski definition) is 5. The number of carbonyl (C=O) groups is 2. The predicted octanol–water partition coefficient (Wildman–Crippen LogP) is 22.5. The fraction of sp³-hybridized carbons (Fsp3) is 0.861. The molecule has 0 aromatic heterocycles. The van der Waals surface area contributed by atoms with E-state index in [2.05, 4.69) is 55.6 Å². The molecule has 0 aromatic rings. The zero-order chi connectivity index (χ0) is 56.4. The van der Waals surface area contributed by atoms with Crippen LogP contribution in [-0.2, 0) is 14.3 Å². The number of unbranched alkanes of at least 4 members (excludes halogenated alkanes) is 48. The third kappa shape index (κ3) is 63.0. The highest BCUT2D eigenvalue weighted by molar-refractivity contribution is 5.76. The van der Waals surface area contributed by atoms with E-state index in [0.717, 1.165) is 51.4 Å². The molecule has 0 aliphatic heterocycles. The van der Waals surface area contributed by atoms with Gasteiger partial charge in [-0.05, 0) is 83.5 Å². The van der Waals surface area contributed by atoms with Gasteiger partial charge < -0.3 is 20.3 Å². The second-order valence-electron chi connectivity index (χ2n) is 23.9. The number of amides is 1. The molecule has 3 N–H and O–H groups in total. The number of hydrogen-bond donors (Lipinski definition) is 3. The Morgan fingerprint density at radius 1 is 0.359 bits per heavy atom. The quantitative estimate of drug-likeness (QED) is 0.0320. The Morgan fingerprint density at radius 3 is 1.04 bits per heavy atom. The standard InChI is InChI=1S/C72H135NO5/c1-3-5-7-9-11-13-15-17-37-41-44-48-52-56-60-64-70(75)69(68-74)73-71(76)65-61-57-53-49-45-42-38-35-33-31-29-27-25-23-21-19-18-20-22-24-26-28-30-32-34-36-39-43-47-51-55-59-63-67-78-72(77)66-62-58-54-50-46-40-16-14-12-10-8-6-4-2/h8,10,14,16,22,24,60,64,69-70,74-75H,3-7,9,11-13,15,17-21,23,25-59,61-63,65-68H2,1-2H3,(H,73,76)/b10-8-,16-14-,24-22-,64-60+. The van der Waals surface area contributed by atoms with Crippen molar-refractivity contribution in [1.29, 1.82) is 0 Å². The number of ether oxygens (including phenoxy) is 1. The fourth-order valence-corrected chi connectivity index (χ4v) is 10.7. The molecule has 0 bridgehead atoms. The molecule has 0 saturated carbocycles. The lowest BCUT2D eigenvalue weighted by molar-refractivity contribution is -0.143. The van der Waals surface area contributed by atoms with Crippen LogP contribution in [0.15, 0.2) is 48.6 Å². The molecule has 1 amide bonds. The number of aliphatic hydroxyl groups excluding tert-OH is 2. The molecule has 0 saturated heterocycles. The van der Waals surface area contributed by atoms with Gasteiger partial charge in [-0.2, -0.15) is 0 Å². The zero-order valence-corrected chi connectivity index (χ0v) is 52.4. The van der Waals surface area contributed by atoms with Crippen molar-refractivity contribution in [3.63, 3.8) is 0 Å². The van der Waals surface area contributed by atoms with E-state index in [4.69, 9.17) is 4.74 Å². The number of carbonyl (C=O) groups excluding carboxylic acids is 2. The van der Waals surface area contributed by atoms with Crippen LogP contribution in [0.25, 0.3) is 0 Å². The minimum atomic E-state index is -0.842. The Kier molecular flexibility index (Phi) is 65.4. The van der Waals surface area contributed by atoms with Crippen molar-refractivity contribution >= 4 is 11.9 Å². The van der Waals surface area contributed by atoms with Gasteiger partial charge in [0, 0.05) is 12.8 Å². The number of rotatable bonds is 65. The molecular weight excluding hydrogens is 959 g/mol. The van der Waals surface area contributed by atoms with Crippen molar-refractivity contribution in [1.82, 2.24) is 5.32 Å². The normalized spacial score (nSPS) is 12.8. The molecule has 6 nitrogen and oxygen atoms in total. The lowest BCUT2D eigenvalue weighted by Crippen LogP contribution is -2.45. The second kappa shape index (κ2) is 67.3. The summed E-state index contributed by atoms with van der Waals surface area (Å²) in [6, 6.07) is -0.626. The SMILES string of the molecule is CCC/C=C\C/C=C\CCCCCCCC(=O)OCCCCCCCCCCCCCC/C=C\CCCCCCCCCCCCCCCCCCCC(=O)NC(CO)C(O)/C=C/CCCCCCCCCCCCCCC. The van der Waals surface area contributed by atoms with Gasteiger partial charge in [-0.15, -0.1) is 0 Å². The van der Waals surface area contributed by atoms with E-state index in [0.29, 0.717) is 19.4 Å². The molecule has 0 aromatic carbocycles. The molecular formula is C72H135NO5. The third-order valence-electron chi connectivity index (χ3n) is 16.0. The lowest BCUT2D eigenvalue weighted by atomic mass is 10.0. The van der Waals surface area contributed by atoms with Crippen molar-refractivity contribution < 1.29 is 24.5 Å². The van der Waals surface area contributed by atoms with E-state index in [-0.39, 0.29) is 18.5 Å². The maximum Gasteiger partial charge on any atom is 0.305 e. The topological polar surface area (TPSA) is 95.9 Å². The molecule has 0 spiro atoms. The number of esters is 1. The van der Waals surface area contributed by atoms with Gasteiger partial charge in [0.15, 0.2) is 0 Å². The average Bonchev–Trinajstić information content (AvgIpc) is 3.44. The van der Waals surface area contributed by atoms with Crippen molar-refractivity contribution in [3.8, 4) is 0 Å². The second-order valence-corrected chi connectivity index (χ2v) is 23.9. The molecule has 0 fully saturated rings. The Hall–Kier alpha value is -2.18. The maximum absolute atomic E-state index is 12.5. The van der Waals surface area contributed by atoms with Gasteiger partial charge in [0.05, 0.1) is 25.4 Å². The number of aliphatic hydroxyl groups is 2. The van der Waals surface area contributed by atoms with Gasteiger partial charge in [0.1, 0.15) is 0 Å². The molecule has 2 unspecified atom stereocenters. The van der Waals surface area contributed by atoms with Gasteiger partial charge in [-0.1, -0.05) is 326 Å². The summed E-state index contributed by atoms with van der Waals surface area (Å²) >= 11 is 0. The van der Waals surface area contributed by atoms with Crippen LogP contribution in [0.2, 0.25) is 0 Å². The van der Waals surface area contributed by atoms with Crippen LogP contribution in [0.5, 0.6) is 0 Å². The smallest absolute Gasteiger partial charge is 0.305 e. The van der Waals surface area contributed by atoms with Crippen molar-refractivity contribution in [2.24, 2.45) is 0 Å². The fourth-order valence-electron chi connectivity index (χ4n) is 10.7. The molecule has 2 atom stereocenters. The highest BCUT2D eigenvalue weighted by atomic mass is 16.5. The molecule has 0 rings (SSSR count). The van der Waals surface area contributed by atoms with Crippen LogP contribution in [0.3, 0.4) is 0 Å². The minimum absolute atomic E-state index is 0.00294. The first-order valence-electron chi connectivity index (χ1n) is 34.9. The Balaban J connectivity index is 3.37. The van der Waals surface area contributed by atoms with Crippen LogP contribution in [0, 0.1) is 0 Å². The predicted molar refractivity (Wildman–Crippen MR) is 342 cm³/mol. The first-order chi connectivity index (χ1) is 38.5. The summed E-state index contributed by atoms with van der Waals surface area (Å²) < 4.78 is 5.47. The molecule has 0 radical (unpaired) electrons. The monoisotopic (exact) mass is 1090 g/mol. The van der Waals surface area contributed by atoms with Crippen molar-refractivity contribution in [3.05, 3.63) is 48.6 Å². The minimum Gasteiger partial charge on any atom is -0.466 e. The molecule has 78 heavy (non-hydrogen) atoms. The van der Waals surface area contributed by atoms with Crippen LogP contribution >= 0.6 is 0 Å². The van der Waals surface area contributed by atoms with E-state index < -0.39 is 12.1 Å². The summed E-state index contributed by atoms with van der Waals surface area (Å²) in [6.45, 7) is 4.85. The van der Waals surface area contributed by atoms with Gasteiger partial charge in [-0.3, -0.25) is 9.59 Å². The average molecular weight is 1090 g/mol. The summed E-state index contributed by atoms with van der Waals surface area (Å²) in [5.41, 5.74) is 0. The van der Waals surface area contributed by atoms with E-state index in [1.54, 1.807) is 6.08 Å². The summed E-state index contributed by atoms with van der Waals surface area (Å²) in [5.74, 6) is -0.0602. The molecule has 0 heterocycles. The van der Waals surface area contributed by atoms with Gasteiger partial charge in [0.2, 0.25) is 5.91 Å². The van der Waals surface area contributed by atoms with E-state index in [1.807, 2.05) is 6.08 Å². The van der Waals surface area contributed by atoms with E-state index in [9.17, 15) is 19.8 Å². The Morgan fingerprint density at radius 2 is 0.667 bits per heavy atom. The van der Waals surface area contributed by atoms with Crippen molar-refractivity contribution in [2.75, 3.05) is 13.2 Å². The van der Waals surface area contributed by atoms with E-state index >= 15 is 0 Å². The summed E-state index contributed by atoms with van der Waals surface area (Å²) in [5, 5.41) is 23.2. The van der Waals surface area contributed by atoms with Crippen LogP contribution in [-0.4, -0.2) is 47.4 Å². The Bertz CT molecular complexity index is 1310. The van der Waals surface area contributed by atoms with Gasteiger partial charge in [0.25, 0.3) is 0 Å². The Labute approximate surface area is 486 Å². The summed E-state index contributed by atoms with van der Waals surface area (Å²) in [6.07, 6.45) is 87.7. The summed E-state index contributed by atoms with van der Waals surface area (Å²) in [4.78, 5) is 24.5. The molecule has 0 aliphatic carbocycles. The highest BCUT2D eigenvalue weighted by Gasteiger charge is 2.18. The van der Waals surface area contributed by atoms with Crippen LogP contribution in [0.4, 0.5) is 0 Å². The molecule has 458 valence electrons. The summed E-state index contributed by atoms with van der Waals surface area (Å²) in [7, 11) is 0. The maximum atomic E-state index is 12.5. The zero-order valence-electron chi connectivity index (χ0n) is 52.4. The van der Waals surface area contributed by atoms with Crippen LogP contribution in [0.1, 0.15) is 373 Å². The molecule has 6 heteroatoms. The van der Waals surface area contributed by atoms with Gasteiger partial charge in [-0.25, -0.2) is 0 Å². The highest BCUT2D eigenvalue weighted by Crippen LogP contribution is 2.18. The lowest BCUT2D eigenvalue weighted by Gasteiger charge is -2.20. The van der Waals surface area contributed by atoms with Crippen LogP contribution < -0.4 is 5.32 Å². The van der Waals surface area contributed by atoms with E-state index in [1.165, 1.54) is 295 Å². The molecule has 0 aliphatic rings. The van der Waals surface area contributed by atoms with Gasteiger partial charge >= 0.3 is 5.97 Å². The third-order valence-corrected chi connectivity index (χ3v) is 16.0. The largest absolute Gasteiger partial charge is 0.466 e. The first kappa shape index (κ1) is 75.8.